The van der Waals surface area contributed by atoms with Crippen molar-refractivity contribution in [2.45, 2.75) is 12.5 Å². The van der Waals surface area contributed by atoms with Gasteiger partial charge in [0.25, 0.3) is 0 Å². The van der Waals surface area contributed by atoms with Crippen LogP contribution < -0.4 is 5.73 Å². The highest BCUT2D eigenvalue weighted by molar-refractivity contribution is 8.14. The van der Waals surface area contributed by atoms with Gasteiger partial charge < -0.3 is 5.73 Å². The molecule has 0 aromatic rings. The lowest BCUT2D eigenvalue weighted by Gasteiger charge is -1.81. The van der Waals surface area contributed by atoms with Gasteiger partial charge in [0.15, 0.2) is 0 Å². The first-order valence-electron chi connectivity index (χ1n) is 2.23. The van der Waals surface area contributed by atoms with Gasteiger partial charge in [-0.2, -0.15) is 0 Å². The van der Waals surface area contributed by atoms with Crippen LogP contribution in [0.3, 0.4) is 0 Å². The molecule has 1 fully saturated rings. The number of hydrogen-bond donors (Lipinski definition) is 1. The van der Waals surface area contributed by atoms with E-state index in [0.717, 1.165) is 12.2 Å². The van der Waals surface area contributed by atoms with Gasteiger partial charge in [-0.3, -0.25) is 0 Å². The SMILES string of the molecule is NC1CCSC1=[O+]. The highest BCUT2D eigenvalue weighted by atomic mass is 32.2. The molecule has 1 radical (unpaired) electrons. The smallest absolute Gasteiger partial charge is 0.316 e. The molecule has 0 spiro atoms. The van der Waals surface area contributed by atoms with Gasteiger partial charge in [0.2, 0.25) is 4.79 Å². The average molecular weight is 117 g/mol. The van der Waals surface area contributed by atoms with Crippen LogP contribution in [-0.2, 0) is 4.79 Å². The predicted octanol–water partition coefficient (Wildman–Crippen LogP) is -0.0228. The van der Waals surface area contributed by atoms with Crippen LogP contribution in [0.1, 0.15) is 6.42 Å². The molecule has 3 heteroatoms. The zero-order valence-electron chi connectivity index (χ0n) is 3.89. The van der Waals surface area contributed by atoms with Gasteiger partial charge in [-0.05, 0) is 18.2 Å². The minimum atomic E-state index is -0.162. The second-order valence-corrected chi connectivity index (χ2v) is 2.66. The first-order valence-corrected chi connectivity index (χ1v) is 3.21. The molecule has 0 aromatic carbocycles. The average Bonchev–Trinajstić information content (AvgIpc) is 1.91. The van der Waals surface area contributed by atoms with Gasteiger partial charge in [-0.15, -0.1) is 0 Å². The number of rotatable bonds is 0. The van der Waals surface area contributed by atoms with Crippen LogP contribution in [0.4, 0.5) is 0 Å². The van der Waals surface area contributed by atoms with Crippen LogP contribution in [-0.4, -0.2) is 16.9 Å². The number of carbonyl (C=O) groups excluding carboxylic acids is 1. The van der Waals surface area contributed by atoms with E-state index >= 15 is 0 Å². The highest BCUT2D eigenvalue weighted by Gasteiger charge is 2.33. The van der Waals surface area contributed by atoms with Crippen molar-refractivity contribution >= 4 is 16.9 Å². The standard InChI is InChI=1S/C4H7NOS/c5-3-1-2-7-4(3)6/h3H,1-2,5H2/q+1. The summed E-state index contributed by atoms with van der Waals surface area (Å²) in [5.74, 6) is 0.917. The van der Waals surface area contributed by atoms with Gasteiger partial charge in [0.1, 0.15) is 6.04 Å². The van der Waals surface area contributed by atoms with E-state index in [0.29, 0.717) is 0 Å². The fraction of sp³-hybridized carbons (Fsp3) is 0.750. The van der Waals surface area contributed by atoms with Gasteiger partial charge in [-0.25, -0.2) is 0 Å². The maximum Gasteiger partial charge on any atom is 0.518 e. The van der Waals surface area contributed by atoms with Crippen LogP contribution in [0.25, 0.3) is 0 Å². The summed E-state index contributed by atoms with van der Waals surface area (Å²) in [6.45, 7) is 0. The molecule has 2 N–H and O–H groups in total. The molecule has 0 saturated carbocycles. The van der Waals surface area contributed by atoms with E-state index in [1.165, 1.54) is 11.8 Å². The minimum absolute atomic E-state index is 0.153. The molecule has 0 bridgehead atoms. The molecule has 1 rings (SSSR count). The van der Waals surface area contributed by atoms with E-state index in [9.17, 15) is 4.79 Å². The van der Waals surface area contributed by atoms with E-state index < -0.39 is 0 Å². The number of thioether (sulfide) groups is 1. The fourth-order valence-corrected chi connectivity index (χ4v) is 1.42. The van der Waals surface area contributed by atoms with Crippen molar-refractivity contribution in [3.05, 3.63) is 0 Å². The minimum Gasteiger partial charge on any atom is -0.316 e. The van der Waals surface area contributed by atoms with Crippen molar-refractivity contribution in [2.75, 3.05) is 5.75 Å². The van der Waals surface area contributed by atoms with Gasteiger partial charge in [0, 0.05) is 5.75 Å². The molecule has 1 aliphatic heterocycles. The maximum absolute atomic E-state index is 10.4. The number of hydrogen-bond acceptors (Lipinski definition) is 3. The van der Waals surface area contributed by atoms with E-state index in [1.54, 1.807) is 0 Å². The predicted molar refractivity (Wildman–Crippen MR) is 30.1 cm³/mol. The topological polar surface area (TPSA) is 45.9 Å². The van der Waals surface area contributed by atoms with E-state index in [-0.39, 0.29) is 11.2 Å². The maximum atomic E-state index is 10.4. The Labute approximate surface area is 46.5 Å². The van der Waals surface area contributed by atoms with Crippen LogP contribution in [0.5, 0.6) is 0 Å². The lowest BCUT2D eigenvalue weighted by atomic mass is 10.3. The molecular weight excluding hydrogens is 110 g/mol. The molecule has 1 unspecified atom stereocenters. The van der Waals surface area contributed by atoms with Crippen molar-refractivity contribution in [3.8, 4) is 0 Å². The summed E-state index contributed by atoms with van der Waals surface area (Å²) in [6, 6.07) is -0.162. The molecular formula is C4H7NOS+. The molecule has 1 atom stereocenters. The van der Waals surface area contributed by atoms with Gasteiger partial charge >= 0.3 is 5.12 Å². The molecule has 1 saturated heterocycles. The molecule has 0 aromatic heterocycles. The van der Waals surface area contributed by atoms with Crippen LogP contribution in [0, 0.1) is 0 Å². The summed E-state index contributed by atoms with van der Waals surface area (Å²) in [5.41, 5.74) is 5.31. The molecule has 39 valence electrons. The van der Waals surface area contributed by atoms with Crippen LogP contribution >= 0.6 is 11.8 Å². The first kappa shape index (κ1) is 5.12. The van der Waals surface area contributed by atoms with Crippen molar-refractivity contribution in [1.29, 1.82) is 0 Å². The Morgan fingerprint density at radius 1 is 1.86 bits per heavy atom. The fourth-order valence-electron chi connectivity index (χ4n) is 0.511. The monoisotopic (exact) mass is 117 g/mol. The molecule has 7 heavy (non-hydrogen) atoms. The summed E-state index contributed by atoms with van der Waals surface area (Å²) >= 11 is 1.34. The van der Waals surface area contributed by atoms with E-state index in [4.69, 9.17) is 5.73 Å². The van der Waals surface area contributed by atoms with Crippen molar-refractivity contribution in [2.24, 2.45) is 5.73 Å². The molecule has 0 amide bonds. The van der Waals surface area contributed by atoms with Crippen molar-refractivity contribution < 1.29 is 4.79 Å². The quantitative estimate of drug-likeness (QED) is 0.453. The van der Waals surface area contributed by atoms with Crippen molar-refractivity contribution in [1.82, 2.24) is 0 Å². The first-order chi connectivity index (χ1) is 3.30. The summed E-state index contributed by atoms with van der Waals surface area (Å²) in [7, 11) is 0. The van der Waals surface area contributed by atoms with E-state index in [2.05, 4.69) is 0 Å². The van der Waals surface area contributed by atoms with Crippen LogP contribution in [0.2, 0.25) is 0 Å². The van der Waals surface area contributed by atoms with Gasteiger partial charge in [0.05, 0.1) is 0 Å². The summed E-state index contributed by atoms with van der Waals surface area (Å²) < 4.78 is 0. The largest absolute Gasteiger partial charge is 0.518 e. The number of nitrogens with two attached hydrogens (primary N) is 1. The third kappa shape index (κ3) is 0.951. The number of carbonyl (C=O) groups is 1. The summed E-state index contributed by atoms with van der Waals surface area (Å²) in [6.07, 6.45) is 0.865. The lowest BCUT2D eigenvalue weighted by Crippen LogP contribution is -2.22. The third-order valence-corrected chi connectivity index (χ3v) is 2.00. The third-order valence-electron chi connectivity index (χ3n) is 0.976. The summed E-state index contributed by atoms with van der Waals surface area (Å²) in [4.78, 5) is 10.4. The normalized spacial score (nSPS) is 31.6. The Balaban J connectivity index is 2.48. The Hall–Kier alpha value is -0.0200. The van der Waals surface area contributed by atoms with E-state index in [1.807, 2.05) is 0 Å². The Morgan fingerprint density at radius 2 is 2.57 bits per heavy atom. The Bertz CT molecular complexity index is 93.7. The zero-order valence-corrected chi connectivity index (χ0v) is 4.70. The molecule has 1 heterocycles. The second-order valence-electron chi connectivity index (χ2n) is 1.56. The van der Waals surface area contributed by atoms with Gasteiger partial charge in [-0.1, -0.05) is 0 Å². The molecule has 0 aliphatic carbocycles. The van der Waals surface area contributed by atoms with Crippen LogP contribution in [0.15, 0.2) is 0 Å². The summed E-state index contributed by atoms with van der Waals surface area (Å²) in [5, 5.41) is 0.153. The molecule has 2 nitrogen and oxygen atoms in total. The zero-order chi connectivity index (χ0) is 5.28. The van der Waals surface area contributed by atoms with Crippen molar-refractivity contribution in [3.63, 3.8) is 0 Å². The molecule has 1 aliphatic rings. The highest BCUT2D eigenvalue weighted by Crippen LogP contribution is 2.16. The second kappa shape index (κ2) is 1.84. The Morgan fingerprint density at radius 3 is 2.71 bits per heavy atom. The lowest BCUT2D eigenvalue weighted by molar-refractivity contribution is -0.111. The Kier molecular flexibility index (Phi) is 1.35.